The maximum absolute atomic E-state index is 11.1. The van der Waals surface area contributed by atoms with E-state index < -0.39 is 11.6 Å². The fourth-order valence-corrected chi connectivity index (χ4v) is 2.94. The minimum absolute atomic E-state index is 0.0224. The van der Waals surface area contributed by atoms with Crippen LogP contribution in [0.3, 0.4) is 0 Å². The highest BCUT2D eigenvalue weighted by Crippen LogP contribution is 2.36. The topological polar surface area (TPSA) is 100 Å². The van der Waals surface area contributed by atoms with Gasteiger partial charge in [-0.05, 0) is 32.0 Å². The maximum atomic E-state index is 11.1. The molecule has 7 nitrogen and oxygen atoms in total. The van der Waals surface area contributed by atoms with E-state index in [2.05, 4.69) is 10.3 Å². The van der Waals surface area contributed by atoms with E-state index in [0.717, 1.165) is 11.4 Å². The highest BCUT2D eigenvalue weighted by Gasteiger charge is 2.39. The Labute approximate surface area is 138 Å². The Kier molecular flexibility index (Phi) is 3.60. The van der Waals surface area contributed by atoms with Gasteiger partial charge in [-0.2, -0.15) is 10.4 Å². The Bertz CT molecular complexity index is 907. The van der Waals surface area contributed by atoms with Crippen molar-refractivity contribution in [1.82, 2.24) is 9.78 Å². The molecule has 0 fully saturated rings. The molecule has 24 heavy (non-hydrogen) atoms. The fourth-order valence-electron chi connectivity index (χ4n) is 2.94. The molecule has 3 rings (SSSR count). The Morgan fingerprint density at radius 2 is 2.21 bits per heavy atom. The zero-order chi connectivity index (χ0) is 17.5. The fraction of sp³-hybridized carbons (Fsp3) is 0.294. The minimum atomic E-state index is -1.13. The van der Waals surface area contributed by atoms with Gasteiger partial charge in [-0.25, -0.2) is 4.79 Å². The van der Waals surface area contributed by atoms with Gasteiger partial charge in [0, 0.05) is 19.0 Å². The first-order chi connectivity index (χ1) is 11.3. The average Bonchev–Trinajstić information content (AvgIpc) is 3.10. The second kappa shape index (κ2) is 5.49. The van der Waals surface area contributed by atoms with Crippen LogP contribution in [-0.2, 0) is 17.5 Å². The molecule has 0 amide bonds. The van der Waals surface area contributed by atoms with E-state index in [0.29, 0.717) is 17.7 Å². The molecule has 1 aromatic heterocycles. The van der Waals surface area contributed by atoms with Crippen LogP contribution in [0.5, 0.6) is 0 Å². The molecule has 0 spiro atoms. The number of aromatic carboxylic acids is 1. The van der Waals surface area contributed by atoms with Crippen LogP contribution in [-0.4, -0.2) is 26.6 Å². The third-order valence-electron chi connectivity index (χ3n) is 4.11. The number of hydrogen-bond donors (Lipinski definition) is 1. The molecule has 0 bridgehead atoms. The molecule has 122 valence electrons. The number of nitrogens with zero attached hydrogens (tertiary/aromatic N) is 4. The van der Waals surface area contributed by atoms with Crippen molar-refractivity contribution >= 4 is 11.7 Å². The summed E-state index contributed by atoms with van der Waals surface area (Å²) in [7, 11) is 1.85. The van der Waals surface area contributed by atoms with Gasteiger partial charge in [0.1, 0.15) is 6.07 Å². The number of rotatable bonds is 3. The molecule has 1 aliphatic rings. The predicted molar refractivity (Wildman–Crippen MR) is 85.7 cm³/mol. The molecule has 0 saturated carbocycles. The number of benzene rings is 1. The lowest BCUT2D eigenvalue weighted by molar-refractivity contribution is -0.0135. The van der Waals surface area contributed by atoms with E-state index >= 15 is 0 Å². The van der Waals surface area contributed by atoms with E-state index in [1.807, 2.05) is 33.0 Å². The van der Waals surface area contributed by atoms with Gasteiger partial charge < -0.3 is 9.94 Å². The summed E-state index contributed by atoms with van der Waals surface area (Å²) in [5.74, 6) is -1.13. The average molecular weight is 324 g/mol. The normalized spacial score (nSPS) is 19.5. The van der Waals surface area contributed by atoms with Gasteiger partial charge in [-0.3, -0.25) is 4.68 Å². The van der Waals surface area contributed by atoms with Crippen molar-refractivity contribution in [1.29, 1.82) is 5.26 Å². The molecule has 1 aliphatic heterocycles. The Hall–Kier alpha value is -3.14. The molecule has 1 atom stereocenters. The van der Waals surface area contributed by atoms with Gasteiger partial charge in [-0.15, -0.1) is 0 Å². The van der Waals surface area contributed by atoms with Crippen molar-refractivity contribution in [3.8, 4) is 6.07 Å². The van der Waals surface area contributed by atoms with E-state index in [-0.39, 0.29) is 11.1 Å². The van der Waals surface area contributed by atoms with Crippen molar-refractivity contribution < 1.29 is 14.7 Å². The van der Waals surface area contributed by atoms with Crippen molar-refractivity contribution in [2.75, 3.05) is 0 Å². The highest BCUT2D eigenvalue weighted by molar-refractivity contribution is 6.03. The first kappa shape index (κ1) is 15.7. The molecular weight excluding hydrogens is 308 g/mol. The monoisotopic (exact) mass is 324 g/mol. The number of nitriles is 1. The lowest BCUT2D eigenvalue weighted by atomic mass is 9.91. The zero-order valence-corrected chi connectivity index (χ0v) is 13.6. The minimum Gasteiger partial charge on any atom is -0.478 e. The molecule has 1 unspecified atom stereocenters. The molecule has 0 saturated heterocycles. The maximum Gasteiger partial charge on any atom is 0.337 e. The lowest BCUT2D eigenvalue weighted by Gasteiger charge is -2.21. The first-order valence-electron chi connectivity index (χ1n) is 7.38. The molecule has 1 N–H and O–H groups in total. The number of aryl methyl sites for hydroxylation is 2. The SMILES string of the molecule is Cc1cc(C2(C)CC(c3ccc(C(=O)O)c(C#N)c3)=NO2)n(C)n1. The summed E-state index contributed by atoms with van der Waals surface area (Å²) < 4.78 is 1.77. The summed E-state index contributed by atoms with van der Waals surface area (Å²) >= 11 is 0. The zero-order valence-electron chi connectivity index (χ0n) is 13.6. The molecule has 0 aliphatic carbocycles. The molecule has 2 aromatic rings. The van der Waals surface area contributed by atoms with Crippen LogP contribution in [0.15, 0.2) is 29.4 Å². The quantitative estimate of drug-likeness (QED) is 0.934. The Morgan fingerprint density at radius 1 is 1.46 bits per heavy atom. The number of carboxylic acids is 1. The van der Waals surface area contributed by atoms with Crippen molar-refractivity contribution in [2.24, 2.45) is 12.2 Å². The summed E-state index contributed by atoms with van der Waals surface area (Å²) in [5.41, 5.74) is 2.58. The second-order valence-corrected chi connectivity index (χ2v) is 6.01. The van der Waals surface area contributed by atoms with E-state index in [9.17, 15) is 4.79 Å². The third-order valence-corrected chi connectivity index (χ3v) is 4.11. The van der Waals surface area contributed by atoms with Crippen LogP contribution in [0.1, 0.15) is 46.2 Å². The Balaban J connectivity index is 1.92. The van der Waals surface area contributed by atoms with Gasteiger partial charge in [-0.1, -0.05) is 11.2 Å². The second-order valence-electron chi connectivity index (χ2n) is 6.01. The van der Waals surface area contributed by atoms with Crippen molar-refractivity contribution in [3.63, 3.8) is 0 Å². The van der Waals surface area contributed by atoms with Gasteiger partial charge in [0.15, 0.2) is 5.60 Å². The summed E-state index contributed by atoms with van der Waals surface area (Å²) in [6.45, 7) is 3.84. The number of aromatic nitrogens is 2. The van der Waals surface area contributed by atoms with Crippen LogP contribution in [0.2, 0.25) is 0 Å². The van der Waals surface area contributed by atoms with E-state index in [1.54, 1.807) is 10.7 Å². The summed E-state index contributed by atoms with van der Waals surface area (Å²) in [6.07, 6.45) is 0.503. The van der Waals surface area contributed by atoms with Crippen LogP contribution < -0.4 is 0 Å². The van der Waals surface area contributed by atoms with Gasteiger partial charge in [0.25, 0.3) is 0 Å². The van der Waals surface area contributed by atoms with Crippen molar-refractivity contribution in [3.05, 3.63) is 52.3 Å². The smallest absolute Gasteiger partial charge is 0.337 e. The summed E-state index contributed by atoms with van der Waals surface area (Å²) in [5, 5.41) is 26.7. The van der Waals surface area contributed by atoms with Gasteiger partial charge >= 0.3 is 5.97 Å². The molecule has 1 aromatic carbocycles. The first-order valence-corrected chi connectivity index (χ1v) is 7.38. The standard InChI is InChI=1S/C17H16N4O3/c1-10-6-15(21(3)19-10)17(2)8-14(20-24-17)11-4-5-13(16(22)23)12(7-11)9-18/h4-7H,8H2,1-3H3,(H,22,23). The van der Waals surface area contributed by atoms with Crippen LogP contribution in [0, 0.1) is 18.3 Å². The lowest BCUT2D eigenvalue weighted by Crippen LogP contribution is -2.25. The third kappa shape index (κ3) is 2.52. The Morgan fingerprint density at radius 3 is 2.79 bits per heavy atom. The molecule has 7 heteroatoms. The van der Waals surface area contributed by atoms with E-state index in [4.69, 9.17) is 15.2 Å². The largest absolute Gasteiger partial charge is 0.478 e. The molecule has 2 heterocycles. The van der Waals surface area contributed by atoms with E-state index in [1.165, 1.54) is 12.1 Å². The molecule has 0 radical (unpaired) electrons. The number of hydrogen-bond acceptors (Lipinski definition) is 5. The number of carbonyl (C=O) groups is 1. The van der Waals surface area contributed by atoms with Crippen LogP contribution >= 0.6 is 0 Å². The van der Waals surface area contributed by atoms with Crippen LogP contribution in [0.25, 0.3) is 0 Å². The number of carboxylic acid groups (broad SMARTS) is 1. The summed E-state index contributed by atoms with van der Waals surface area (Å²) in [6, 6.07) is 8.46. The van der Waals surface area contributed by atoms with Gasteiger partial charge in [0.05, 0.1) is 28.2 Å². The summed E-state index contributed by atoms with van der Waals surface area (Å²) in [4.78, 5) is 16.8. The van der Waals surface area contributed by atoms with Crippen LogP contribution in [0.4, 0.5) is 0 Å². The highest BCUT2D eigenvalue weighted by atomic mass is 16.7. The molecular formula is C17H16N4O3. The predicted octanol–water partition coefficient (Wildman–Crippen LogP) is 2.34. The van der Waals surface area contributed by atoms with Gasteiger partial charge in [0.2, 0.25) is 0 Å². The van der Waals surface area contributed by atoms with Crippen molar-refractivity contribution in [2.45, 2.75) is 25.9 Å². The number of oxime groups is 1.